The van der Waals surface area contributed by atoms with Crippen LogP contribution in [0, 0.1) is 13.8 Å². The van der Waals surface area contributed by atoms with Crippen molar-refractivity contribution in [3.05, 3.63) is 35.2 Å². The zero-order chi connectivity index (χ0) is 19.2. The van der Waals surface area contributed by atoms with Gasteiger partial charge in [-0.05, 0) is 32.0 Å². The molecule has 0 radical (unpaired) electrons. The van der Waals surface area contributed by atoms with E-state index in [9.17, 15) is 9.59 Å². The summed E-state index contributed by atoms with van der Waals surface area (Å²) in [5.74, 6) is -0.510. The Balaban J connectivity index is 1.47. The van der Waals surface area contributed by atoms with E-state index >= 15 is 0 Å². The monoisotopic (exact) mass is 371 g/mol. The van der Waals surface area contributed by atoms with Crippen molar-refractivity contribution in [2.75, 3.05) is 45.9 Å². The minimum Gasteiger partial charge on any atom is -0.379 e. The van der Waals surface area contributed by atoms with Crippen molar-refractivity contribution in [2.24, 2.45) is 0 Å². The molecule has 2 heterocycles. The molecule has 1 aliphatic heterocycles. The van der Waals surface area contributed by atoms with Crippen molar-refractivity contribution in [2.45, 2.75) is 13.8 Å². The standard InChI is InChI=1S/C19H25N5O3/c1-13-14(2)23-17-11-15(3-4-16(17)22-13)19(26)21-12-18(25)20-5-6-24-7-9-27-10-8-24/h3-4,11H,5-10,12H2,1-2H3,(H,20,25)(H,21,26). The van der Waals surface area contributed by atoms with Gasteiger partial charge in [-0.1, -0.05) is 0 Å². The maximum Gasteiger partial charge on any atom is 0.251 e. The molecule has 144 valence electrons. The van der Waals surface area contributed by atoms with Crippen molar-refractivity contribution in [3.8, 4) is 0 Å². The summed E-state index contributed by atoms with van der Waals surface area (Å²) in [6.07, 6.45) is 0. The summed E-state index contributed by atoms with van der Waals surface area (Å²) in [6, 6.07) is 5.16. The topological polar surface area (TPSA) is 96.5 Å². The zero-order valence-corrected chi connectivity index (χ0v) is 15.7. The molecule has 1 fully saturated rings. The average Bonchev–Trinajstić information content (AvgIpc) is 2.67. The Kier molecular flexibility index (Phi) is 6.31. The normalized spacial score (nSPS) is 14.9. The number of ether oxygens (including phenoxy) is 1. The smallest absolute Gasteiger partial charge is 0.251 e. The molecule has 3 rings (SSSR count). The van der Waals surface area contributed by atoms with E-state index in [-0.39, 0.29) is 18.4 Å². The fraction of sp³-hybridized carbons (Fsp3) is 0.474. The van der Waals surface area contributed by atoms with E-state index < -0.39 is 0 Å². The van der Waals surface area contributed by atoms with Crippen LogP contribution in [0.1, 0.15) is 21.7 Å². The van der Waals surface area contributed by atoms with Crippen molar-refractivity contribution >= 4 is 22.8 Å². The van der Waals surface area contributed by atoms with Gasteiger partial charge in [0.2, 0.25) is 5.91 Å². The summed E-state index contributed by atoms with van der Waals surface area (Å²) < 4.78 is 5.29. The molecule has 0 spiro atoms. The molecule has 1 saturated heterocycles. The molecule has 1 aliphatic rings. The lowest BCUT2D eigenvalue weighted by Gasteiger charge is -2.26. The molecule has 2 amide bonds. The van der Waals surface area contributed by atoms with Gasteiger partial charge in [-0.15, -0.1) is 0 Å². The molecule has 1 aromatic heterocycles. The van der Waals surface area contributed by atoms with Gasteiger partial charge in [0, 0.05) is 31.7 Å². The van der Waals surface area contributed by atoms with E-state index in [0.29, 0.717) is 17.6 Å². The van der Waals surface area contributed by atoms with Crippen LogP contribution in [-0.2, 0) is 9.53 Å². The molecular weight excluding hydrogens is 346 g/mol. The number of nitrogens with zero attached hydrogens (tertiary/aromatic N) is 3. The van der Waals surface area contributed by atoms with E-state index in [2.05, 4.69) is 25.5 Å². The maximum atomic E-state index is 12.3. The van der Waals surface area contributed by atoms with Gasteiger partial charge in [0.1, 0.15) is 0 Å². The molecule has 0 unspecified atom stereocenters. The minimum absolute atomic E-state index is 0.0570. The summed E-state index contributed by atoms with van der Waals surface area (Å²) in [5.41, 5.74) is 3.57. The third kappa shape index (κ3) is 5.21. The first-order valence-corrected chi connectivity index (χ1v) is 9.13. The number of aryl methyl sites for hydroxylation is 2. The summed E-state index contributed by atoms with van der Waals surface area (Å²) in [6.45, 7) is 8.31. The predicted molar refractivity (Wildman–Crippen MR) is 102 cm³/mol. The van der Waals surface area contributed by atoms with Gasteiger partial charge in [-0.3, -0.25) is 14.5 Å². The van der Waals surface area contributed by atoms with Gasteiger partial charge in [-0.2, -0.15) is 0 Å². The zero-order valence-electron chi connectivity index (χ0n) is 15.7. The third-order valence-electron chi connectivity index (χ3n) is 4.60. The van der Waals surface area contributed by atoms with Crippen LogP contribution >= 0.6 is 0 Å². The molecule has 0 bridgehead atoms. The molecule has 27 heavy (non-hydrogen) atoms. The number of hydrogen-bond acceptors (Lipinski definition) is 6. The number of benzene rings is 1. The number of morpholine rings is 1. The Hall–Kier alpha value is -2.58. The summed E-state index contributed by atoms with van der Waals surface area (Å²) >= 11 is 0. The van der Waals surface area contributed by atoms with Gasteiger partial charge >= 0.3 is 0 Å². The number of nitrogens with one attached hydrogen (secondary N) is 2. The van der Waals surface area contributed by atoms with Crippen LogP contribution < -0.4 is 10.6 Å². The highest BCUT2D eigenvalue weighted by atomic mass is 16.5. The van der Waals surface area contributed by atoms with Crippen LogP contribution in [0.2, 0.25) is 0 Å². The van der Waals surface area contributed by atoms with Gasteiger partial charge in [-0.25, -0.2) is 9.97 Å². The Bertz CT molecular complexity index is 833. The van der Waals surface area contributed by atoms with Crippen molar-refractivity contribution in [1.82, 2.24) is 25.5 Å². The van der Waals surface area contributed by atoms with Gasteiger partial charge < -0.3 is 15.4 Å². The fourth-order valence-corrected chi connectivity index (χ4v) is 2.88. The van der Waals surface area contributed by atoms with Crippen molar-refractivity contribution < 1.29 is 14.3 Å². The Morgan fingerprint density at radius 3 is 2.52 bits per heavy atom. The van der Waals surface area contributed by atoms with E-state index in [0.717, 1.165) is 49.8 Å². The van der Waals surface area contributed by atoms with Crippen molar-refractivity contribution in [1.29, 1.82) is 0 Å². The molecule has 0 atom stereocenters. The molecular formula is C19H25N5O3. The SMILES string of the molecule is Cc1nc2ccc(C(=O)NCC(=O)NCCN3CCOCC3)cc2nc1C. The highest BCUT2D eigenvalue weighted by molar-refractivity contribution is 5.98. The summed E-state index contributed by atoms with van der Waals surface area (Å²) in [5, 5.41) is 5.47. The van der Waals surface area contributed by atoms with Crippen LogP contribution in [0.3, 0.4) is 0 Å². The van der Waals surface area contributed by atoms with Crippen LogP contribution in [0.5, 0.6) is 0 Å². The average molecular weight is 371 g/mol. The van der Waals surface area contributed by atoms with Gasteiger partial charge in [0.25, 0.3) is 5.91 Å². The first-order valence-electron chi connectivity index (χ1n) is 9.13. The number of aromatic nitrogens is 2. The Morgan fingerprint density at radius 1 is 1.07 bits per heavy atom. The highest BCUT2D eigenvalue weighted by Crippen LogP contribution is 2.14. The van der Waals surface area contributed by atoms with E-state index in [1.54, 1.807) is 18.2 Å². The van der Waals surface area contributed by atoms with E-state index in [1.165, 1.54) is 0 Å². The molecule has 0 saturated carbocycles. The van der Waals surface area contributed by atoms with Crippen LogP contribution in [-0.4, -0.2) is 72.6 Å². The second-order valence-corrected chi connectivity index (χ2v) is 6.58. The third-order valence-corrected chi connectivity index (χ3v) is 4.60. The quantitative estimate of drug-likeness (QED) is 0.764. The fourth-order valence-electron chi connectivity index (χ4n) is 2.88. The predicted octanol–water partition coefficient (Wildman–Crippen LogP) is 0.425. The minimum atomic E-state index is -0.305. The molecule has 8 nitrogen and oxygen atoms in total. The Morgan fingerprint density at radius 2 is 1.78 bits per heavy atom. The van der Waals surface area contributed by atoms with E-state index in [1.807, 2.05) is 13.8 Å². The second-order valence-electron chi connectivity index (χ2n) is 6.58. The lowest BCUT2D eigenvalue weighted by atomic mass is 10.1. The lowest BCUT2D eigenvalue weighted by Crippen LogP contribution is -2.43. The largest absolute Gasteiger partial charge is 0.379 e. The van der Waals surface area contributed by atoms with Gasteiger partial charge in [0.05, 0.1) is 42.2 Å². The van der Waals surface area contributed by atoms with Crippen molar-refractivity contribution in [3.63, 3.8) is 0 Å². The second kappa shape index (κ2) is 8.88. The number of hydrogen-bond donors (Lipinski definition) is 2. The number of carbonyl (C=O) groups is 2. The molecule has 0 aliphatic carbocycles. The molecule has 8 heteroatoms. The molecule has 1 aromatic carbocycles. The van der Waals surface area contributed by atoms with Crippen LogP contribution in [0.4, 0.5) is 0 Å². The summed E-state index contributed by atoms with van der Waals surface area (Å²) in [7, 11) is 0. The molecule has 2 N–H and O–H groups in total. The molecule has 2 aromatic rings. The maximum absolute atomic E-state index is 12.3. The summed E-state index contributed by atoms with van der Waals surface area (Å²) in [4.78, 5) is 35.4. The van der Waals surface area contributed by atoms with Gasteiger partial charge in [0.15, 0.2) is 0 Å². The number of carbonyl (C=O) groups excluding carboxylic acids is 2. The van der Waals surface area contributed by atoms with E-state index in [4.69, 9.17) is 4.74 Å². The van der Waals surface area contributed by atoms with Crippen LogP contribution in [0.25, 0.3) is 11.0 Å². The highest BCUT2D eigenvalue weighted by Gasteiger charge is 2.12. The number of amides is 2. The number of rotatable bonds is 6. The first kappa shape index (κ1) is 19.2. The number of fused-ring (bicyclic) bond motifs is 1. The first-order chi connectivity index (χ1) is 13.0. The Labute approximate surface area is 158 Å². The lowest BCUT2D eigenvalue weighted by molar-refractivity contribution is -0.120. The van der Waals surface area contributed by atoms with Crippen LogP contribution in [0.15, 0.2) is 18.2 Å².